The highest BCUT2D eigenvalue weighted by Crippen LogP contribution is 2.13. The smallest absolute Gasteiger partial charge is 0.274 e. The minimum atomic E-state index is -0.0568. The van der Waals surface area contributed by atoms with Crippen molar-refractivity contribution in [2.45, 2.75) is 32.7 Å². The molecule has 0 spiro atoms. The van der Waals surface area contributed by atoms with E-state index in [1.165, 1.54) is 0 Å². The van der Waals surface area contributed by atoms with Gasteiger partial charge in [0.15, 0.2) is 5.69 Å². The highest BCUT2D eigenvalue weighted by molar-refractivity contribution is 5.92. The van der Waals surface area contributed by atoms with Gasteiger partial charge in [-0.25, -0.2) is 4.68 Å². The molecular formula is C16H22N4O. The molecule has 2 rings (SSSR count). The predicted octanol–water partition coefficient (Wildman–Crippen LogP) is 2.72. The molecule has 2 N–H and O–H groups in total. The lowest BCUT2D eigenvalue weighted by atomic mass is 10.1. The van der Waals surface area contributed by atoms with Crippen LogP contribution in [0.4, 0.5) is 5.69 Å². The van der Waals surface area contributed by atoms with E-state index in [0.717, 1.165) is 18.5 Å². The fourth-order valence-electron chi connectivity index (χ4n) is 2.24. The Morgan fingerprint density at radius 2 is 2.19 bits per heavy atom. The van der Waals surface area contributed by atoms with Crippen molar-refractivity contribution in [1.82, 2.24) is 14.7 Å². The zero-order chi connectivity index (χ0) is 15.4. The van der Waals surface area contributed by atoms with Crippen LogP contribution in [0.3, 0.4) is 0 Å². The normalized spacial score (nSPS) is 12.1. The maximum Gasteiger partial charge on any atom is 0.274 e. The van der Waals surface area contributed by atoms with E-state index in [9.17, 15) is 4.79 Å². The van der Waals surface area contributed by atoms with E-state index in [-0.39, 0.29) is 11.9 Å². The summed E-state index contributed by atoms with van der Waals surface area (Å²) in [6.45, 7) is 4.17. The summed E-state index contributed by atoms with van der Waals surface area (Å²) in [6, 6.07) is 9.36. The summed E-state index contributed by atoms with van der Waals surface area (Å²) in [5.74, 6) is -0.0568. The number of carbonyl (C=O) groups is 1. The van der Waals surface area contributed by atoms with Crippen molar-refractivity contribution < 1.29 is 4.79 Å². The highest BCUT2D eigenvalue weighted by atomic mass is 16.2. The van der Waals surface area contributed by atoms with Gasteiger partial charge in [0.05, 0.1) is 5.69 Å². The molecule has 112 valence electrons. The van der Waals surface area contributed by atoms with Gasteiger partial charge in [0.25, 0.3) is 5.91 Å². The maximum absolute atomic E-state index is 12.4. The summed E-state index contributed by atoms with van der Waals surface area (Å²) in [5, 5.41) is 4.36. The molecule has 2 aromatic rings. The summed E-state index contributed by atoms with van der Waals surface area (Å²) in [6.07, 6.45) is 3.81. The minimum Gasteiger partial charge on any atom is -0.399 e. The second kappa shape index (κ2) is 6.43. The van der Waals surface area contributed by atoms with Gasteiger partial charge in [-0.05, 0) is 37.6 Å². The monoisotopic (exact) mass is 286 g/mol. The Kier molecular flexibility index (Phi) is 4.62. The van der Waals surface area contributed by atoms with Crippen LogP contribution in [-0.2, 0) is 0 Å². The summed E-state index contributed by atoms with van der Waals surface area (Å²) in [4.78, 5) is 14.1. The van der Waals surface area contributed by atoms with Crippen LogP contribution in [0.5, 0.6) is 0 Å². The minimum absolute atomic E-state index is 0.0568. The van der Waals surface area contributed by atoms with E-state index in [1.54, 1.807) is 21.8 Å². The Balaban J connectivity index is 2.18. The summed E-state index contributed by atoms with van der Waals surface area (Å²) < 4.78 is 1.67. The van der Waals surface area contributed by atoms with E-state index in [1.807, 2.05) is 31.3 Å². The number of aromatic nitrogens is 2. The lowest BCUT2D eigenvalue weighted by molar-refractivity contribution is 0.0730. The zero-order valence-corrected chi connectivity index (χ0v) is 12.8. The number of benzene rings is 1. The third-order valence-corrected chi connectivity index (χ3v) is 3.63. The van der Waals surface area contributed by atoms with E-state index in [0.29, 0.717) is 11.4 Å². The number of nitrogens with zero attached hydrogens (tertiary/aromatic N) is 3. The number of hydrogen-bond acceptors (Lipinski definition) is 3. The van der Waals surface area contributed by atoms with Crippen LogP contribution in [0.1, 0.15) is 37.2 Å². The molecule has 0 bridgehead atoms. The molecule has 5 heteroatoms. The van der Waals surface area contributed by atoms with E-state index in [2.05, 4.69) is 18.9 Å². The predicted molar refractivity (Wildman–Crippen MR) is 84.4 cm³/mol. The van der Waals surface area contributed by atoms with Gasteiger partial charge in [0.1, 0.15) is 0 Å². The largest absolute Gasteiger partial charge is 0.399 e. The van der Waals surface area contributed by atoms with Crippen LogP contribution in [0.25, 0.3) is 5.69 Å². The molecule has 1 amide bonds. The van der Waals surface area contributed by atoms with Crippen LogP contribution in [0.15, 0.2) is 36.5 Å². The molecular weight excluding hydrogens is 264 g/mol. The molecule has 21 heavy (non-hydrogen) atoms. The molecule has 0 fully saturated rings. The first-order valence-electron chi connectivity index (χ1n) is 7.21. The molecule has 5 nitrogen and oxygen atoms in total. The molecule has 1 atom stereocenters. The first-order valence-corrected chi connectivity index (χ1v) is 7.21. The average molecular weight is 286 g/mol. The molecule has 1 heterocycles. The molecule has 0 radical (unpaired) electrons. The van der Waals surface area contributed by atoms with Crippen LogP contribution < -0.4 is 5.73 Å². The van der Waals surface area contributed by atoms with Crippen molar-refractivity contribution in [2.75, 3.05) is 12.8 Å². The first kappa shape index (κ1) is 15.1. The molecule has 0 aliphatic rings. The quantitative estimate of drug-likeness (QED) is 0.859. The van der Waals surface area contributed by atoms with Crippen LogP contribution in [0.2, 0.25) is 0 Å². The fraction of sp³-hybridized carbons (Fsp3) is 0.375. The lowest BCUT2D eigenvalue weighted by Crippen LogP contribution is -2.35. The Morgan fingerprint density at radius 3 is 2.86 bits per heavy atom. The van der Waals surface area contributed by atoms with Crippen molar-refractivity contribution in [3.8, 4) is 5.69 Å². The second-order valence-corrected chi connectivity index (χ2v) is 5.29. The van der Waals surface area contributed by atoms with Gasteiger partial charge in [-0.2, -0.15) is 5.10 Å². The number of carbonyl (C=O) groups excluding carboxylic acids is 1. The van der Waals surface area contributed by atoms with Crippen molar-refractivity contribution in [3.05, 3.63) is 42.2 Å². The van der Waals surface area contributed by atoms with Crippen molar-refractivity contribution >= 4 is 11.6 Å². The highest BCUT2D eigenvalue weighted by Gasteiger charge is 2.19. The Labute approximate surface area is 125 Å². The van der Waals surface area contributed by atoms with Gasteiger partial charge >= 0.3 is 0 Å². The third-order valence-electron chi connectivity index (χ3n) is 3.63. The maximum atomic E-state index is 12.4. The van der Waals surface area contributed by atoms with Gasteiger partial charge in [0, 0.05) is 25.0 Å². The lowest BCUT2D eigenvalue weighted by Gasteiger charge is -2.23. The van der Waals surface area contributed by atoms with Crippen molar-refractivity contribution in [1.29, 1.82) is 0 Å². The number of nitrogens with two attached hydrogens (primary N) is 1. The summed E-state index contributed by atoms with van der Waals surface area (Å²) in [7, 11) is 1.82. The zero-order valence-electron chi connectivity index (χ0n) is 12.8. The fourth-order valence-corrected chi connectivity index (χ4v) is 2.24. The molecule has 0 saturated carbocycles. The van der Waals surface area contributed by atoms with Gasteiger partial charge in [0.2, 0.25) is 0 Å². The van der Waals surface area contributed by atoms with Crippen LogP contribution >= 0.6 is 0 Å². The van der Waals surface area contributed by atoms with Gasteiger partial charge in [-0.3, -0.25) is 4.79 Å². The third kappa shape index (κ3) is 3.42. The van der Waals surface area contributed by atoms with Crippen LogP contribution in [0, 0.1) is 0 Å². The summed E-state index contributed by atoms with van der Waals surface area (Å²) in [5.41, 5.74) is 7.73. The number of nitrogen functional groups attached to an aromatic ring is 1. The van der Waals surface area contributed by atoms with Gasteiger partial charge in [-0.1, -0.05) is 19.4 Å². The molecule has 1 aromatic heterocycles. The van der Waals surface area contributed by atoms with E-state index >= 15 is 0 Å². The Bertz CT molecular complexity index is 620. The molecule has 1 unspecified atom stereocenters. The van der Waals surface area contributed by atoms with Gasteiger partial charge < -0.3 is 10.6 Å². The van der Waals surface area contributed by atoms with Gasteiger partial charge in [-0.15, -0.1) is 0 Å². The SMILES string of the molecule is CCCC(C)N(C)C(=O)c1ccn(-c2cccc(N)c2)n1. The van der Waals surface area contributed by atoms with Crippen LogP contribution in [-0.4, -0.2) is 33.7 Å². The standard InChI is InChI=1S/C16H22N4O/c1-4-6-12(2)19(3)16(21)15-9-10-20(18-15)14-8-5-7-13(17)11-14/h5,7-12H,4,6,17H2,1-3H3. The first-order chi connectivity index (χ1) is 10.0. The van der Waals surface area contributed by atoms with E-state index < -0.39 is 0 Å². The molecule has 1 aromatic carbocycles. The van der Waals surface area contributed by atoms with Crippen molar-refractivity contribution in [3.63, 3.8) is 0 Å². The number of amides is 1. The molecule has 0 aliphatic carbocycles. The number of hydrogen-bond donors (Lipinski definition) is 1. The molecule has 0 aliphatic heterocycles. The average Bonchev–Trinajstić information content (AvgIpc) is 2.95. The van der Waals surface area contributed by atoms with Crippen molar-refractivity contribution in [2.24, 2.45) is 0 Å². The number of rotatable bonds is 5. The Morgan fingerprint density at radius 1 is 1.43 bits per heavy atom. The number of anilines is 1. The Hall–Kier alpha value is -2.30. The molecule has 0 saturated heterocycles. The van der Waals surface area contributed by atoms with E-state index in [4.69, 9.17) is 5.73 Å². The second-order valence-electron chi connectivity index (χ2n) is 5.29. The topological polar surface area (TPSA) is 64.2 Å². The summed E-state index contributed by atoms with van der Waals surface area (Å²) >= 11 is 0.